The number of nitrogens with zero attached hydrogens (tertiary/aromatic N) is 1. The van der Waals surface area contributed by atoms with Gasteiger partial charge in [0, 0.05) is 23.1 Å². The fraction of sp³-hybridized carbons (Fsp3) is 0.632. The molecule has 0 spiro atoms. The van der Waals surface area contributed by atoms with Crippen LogP contribution in [0, 0.1) is 12.8 Å². The zero-order chi connectivity index (χ0) is 17.7. The van der Waals surface area contributed by atoms with Gasteiger partial charge in [0.2, 0.25) is 0 Å². The number of ether oxygens (including phenoxy) is 2. The maximum Gasteiger partial charge on any atom is 0.410 e. The van der Waals surface area contributed by atoms with Crippen molar-refractivity contribution < 1.29 is 14.3 Å². The Morgan fingerprint density at radius 3 is 2.83 bits per heavy atom. The van der Waals surface area contributed by atoms with Gasteiger partial charge >= 0.3 is 6.09 Å². The van der Waals surface area contributed by atoms with E-state index in [0.717, 1.165) is 48.1 Å². The Morgan fingerprint density at radius 2 is 2.12 bits per heavy atom. The van der Waals surface area contributed by atoms with Crippen LogP contribution in [-0.2, 0) is 4.74 Å². The van der Waals surface area contributed by atoms with Gasteiger partial charge < -0.3 is 14.4 Å². The highest BCUT2D eigenvalue weighted by Gasteiger charge is 2.29. The summed E-state index contributed by atoms with van der Waals surface area (Å²) in [6.45, 7) is 10.1. The normalized spacial score (nSPS) is 17.9. The van der Waals surface area contributed by atoms with E-state index in [1.165, 1.54) is 0 Å². The fourth-order valence-electron chi connectivity index (χ4n) is 2.86. The summed E-state index contributed by atoms with van der Waals surface area (Å²) in [5.41, 5.74) is 0.708. The van der Waals surface area contributed by atoms with E-state index >= 15 is 0 Å². The summed E-state index contributed by atoms with van der Waals surface area (Å²) in [5, 5.41) is 0. The number of benzene rings is 1. The molecule has 1 aliphatic rings. The molecule has 1 fully saturated rings. The molecule has 1 atom stereocenters. The van der Waals surface area contributed by atoms with Crippen LogP contribution >= 0.6 is 15.9 Å². The number of rotatable bonds is 5. The van der Waals surface area contributed by atoms with Crippen LogP contribution in [0.1, 0.15) is 45.6 Å². The van der Waals surface area contributed by atoms with Gasteiger partial charge in [0.05, 0.1) is 6.61 Å². The summed E-state index contributed by atoms with van der Waals surface area (Å²) >= 11 is 3.52. The molecule has 0 aliphatic carbocycles. The smallest absolute Gasteiger partial charge is 0.410 e. The maximum atomic E-state index is 12.1. The van der Waals surface area contributed by atoms with Gasteiger partial charge in [-0.3, -0.25) is 0 Å². The Kier molecular flexibility index (Phi) is 6.55. The first-order valence-electron chi connectivity index (χ1n) is 8.62. The molecule has 0 saturated carbocycles. The largest absolute Gasteiger partial charge is 0.493 e. The second kappa shape index (κ2) is 8.24. The Balaban J connectivity index is 1.69. The van der Waals surface area contributed by atoms with Crippen molar-refractivity contribution in [2.24, 2.45) is 5.92 Å². The topological polar surface area (TPSA) is 38.8 Å². The van der Waals surface area contributed by atoms with Gasteiger partial charge in [-0.15, -0.1) is 0 Å². The molecule has 1 amide bonds. The predicted octanol–water partition coefficient (Wildman–Crippen LogP) is 5.17. The molecule has 1 aliphatic heterocycles. The molecule has 0 bridgehead atoms. The highest BCUT2D eigenvalue weighted by atomic mass is 79.9. The summed E-state index contributed by atoms with van der Waals surface area (Å²) < 4.78 is 12.4. The van der Waals surface area contributed by atoms with Crippen molar-refractivity contribution in [2.75, 3.05) is 19.7 Å². The summed E-state index contributed by atoms with van der Waals surface area (Å²) in [5.74, 6) is 1.48. The quantitative estimate of drug-likeness (QED) is 0.642. The molecule has 0 radical (unpaired) electrons. The lowest BCUT2D eigenvalue weighted by Crippen LogP contribution is -2.35. The minimum absolute atomic E-state index is 0.189. The van der Waals surface area contributed by atoms with E-state index in [4.69, 9.17) is 9.47 Å². The molecule has 24 heavy (non-hydrogen) atoms. The number of hydrogen-bond acceptors (Lipinski definition) is 3. The lowest BCUT2D eigenvalue weighted by Gasteiger charge is -2.24. The van der Waals surface area contributed by atoms with Crippen molar-refractivity contribution in [1.29, 1.82) is 0 Å². The molecule has 1 aromatic rings. The minimum atomic E-state index is -0.426. The molecule has 1 heterocycles. The van der Waals surface area contributed by atoms with Gasteiger partial charge in [-0.2, -0.15) is 0 Å². The van der Waals surface area contributed by atoms with E-state index in [1.807, 2.05) is 43.9 Å². The molecule has 134 valence electrons. The minimum Gasteiger partial charge on any atom is -0.493 e. The first-order valence-corrected chi connectivity index (χ1v) is 9.41. The Hall–Kier alpha value is -1.23. The summed E-state index contributed by atoms with van der Waals surface area (Å²) in [6, 6.07) is 6.01. The van der Waals surface area contributed by atoms with Crippen LogP contribution < -0.4 is 4.74 Å². The molecule has 0 N–H and O–H groups in total. The number of carbonyl (C=O) groups is 1. The molecule has 1 saturated heterocycles. The van der Waals surface area contributed by atoms with Gasteiger partial charge in [-0.05, 0) is 65.0 Å². The second-order valence-corrected chi connectivity index (χ2v) is 8.29. The molecule has 0 aromatic heterocycles. The number of likely N-dealkylation sites (tertiary alicyclic amines) is 1. The third-order valence-electron chi connectivity index (χ3n) is 4.17. The van der Waals surface area contributed by atoms with Crippen LogP contribution in [0.25, 0.3) is 0 Å². The van der Waals surface area contributed by atoms with Crippen LogP contribution in [0.15, 0.2) is 22.7 Å². The van der Waals surface area contributed by atoms with Gasteiger partial charge in [-0.25, -0.2) is 4.79 Å². The van der Waals surface area contributed by atoms with Crippen molar-refractivity contribution in [3.63, 3.8) is 0 Å². The van der Waals surface area contributed by atoms with E-state index in [9.17, 15) is 4.79 Å². The summed E-state index contributed by atoms with van der Waals surface area (Å²) in [6.07, 6.45) is 2.94. The Bertz CT molecular complexity index is 568. The monoisotopic (exact) mass is 397 g/mol. The summed E-state index contributed by atoms with van der Waals surface area (Å²) in [4.78, 5) is 13.9. The number of halogens is 1. The fourth-order valence-corrected chi connectivity index (χ4v) is 3.21. The Labute approximate surface area is 153 Å². The molecule has 5 heteroatoms. The number of amides is 1. The molecular formula is C19H28BrNO3. The van der Waals surface area contributed by atoms with Crippen LogP contribution in [0.4, 0.5) is 4.79 Å². The van der Waals surface area contributed by atoms with Crippen LogP contribution in [-0.4, -0.2) is 36.3 Å². The highest BCUT2D eigenvalue weighted by Crippen LogP contribution is 2.26. The van der Waals surface area contributed by atoms with Crippen LogP contribution in [0.5, 0.6) is 5.75 Å². The standard InChI is InChI=1S/C19H28BrNO3/c1-14-16(20)8-5-9-17(14)23-12-6-7-15-10-11-21(13-15)18(22)24-19(2,3)4/h5,8-9,15H,6-7,10-13H2,1-4H3/t15-/m0/s1. The molecule has 4 nitrogen and oxygen atoms in total. The van der Waals surface area contributed by atoms with Gasteiger partial charge in [0.15, 0.2) is 0 Å². The van der Waals surface area contributed by atoms with E-state index in [-0.39, 0.29) is 6.09 Å². The Morgan fingerprint density at radius 1 is 1.38 bits per heavy atom. The summed E-state index contributed by atoms with van der Waals surface area (Å²) in [7, 11) is 0. The number of hydrogen-bond donors (Lipinski definition) is 0. The van der Waals surface area contributed by atoms with Crippen molar-refractivity contribution in [3.8, 4) is 5.75 Å². The zero-order valence-corrected chi connectivity index (χ0v) is 16.7. The van der Waals surface area contributed by atoms with Gasteiger partial charge in [-0.1, -0.05) is 22.0 Å². The van der Waals surface area contributed by atoms with Gasteiger partial charge in [0.25, 0.3) is 0 Å². The average molecular weight is 398 g/mol. The van der Waals surface area contributed by atoms with Crippen LogP contribution in [0.3, 0.4) is 0 Å². The molecule has 1 aromatic carbocycles. The van der Waals surface area contributed by atoms with Gasteiger partial charge in [0.1, 0.15) is 11.4 Å². The molecule has 0 unspecified atom stereocenters. The first kappa shape index (κ1) is 19.1. The van der Waals surface area contributed by atoms with Crippen LogP contribution in [0.2, 0.25) is 0 Å². The van der Waals surface area contributed by atoms with E-state index < -0.39 is 5.60 Å². The lowest BCUT2D eigenvalue weighted by molar-refractivity contribution is 0.0287. The van der Waals surface area contributed by atoms with Crippen molar-refractivity contribution >= 4 is 22.0 Å². The third-order valence-corrected chi connectivity index (χ3v) is 5.03. The van der Waals surface area contributed by atoms with Crippen molar-refractivity contribution in [2.45, 2.75) is 52.6 Å². The van der Waals surface area contributed by atoms with Crippen molar-refractivity contribution in [1.82, 2.24) is 4.90 Å². The number of carbonyl (C=O) groups excluding carboxylic acids is 1. The zero-order valence-electron chi connectivity index (χ0n) is 15.1. The third kappa shape index (κ3) is 5.69. The predicted molar refractivity (Wildman–Crippen MR) is 99.5 cm³/mol. The molecule has 2 rings (SSSR count). The van der Waals surface area contributed by atoms with E-state index in [0.29, 0.717) is 12.5 Å². The second-order valence-electron chi connectivity index (χ2n) is 7.43. The maximum absolute atomic E-state index is 12.1. The molecular weight excluding hydrogens is 370 g/mol. The SMILES string of the molecule is Cc1c(Br)cccc1OCCC[C@H]1CCN(C(=O)OC(C)(C)C)C1. The average Bonchev–Trinajstić information content (AvgIpc) is 2.95. The lowest BCUT2D eigenvalue weighted by atomic mass is 10.0. The van der Waals surface area contributed by atoms with E-state index in [1.54, 1.807) is 0 Å². The van der Waals surface area contributed by atoms with Crippen molar-refractivity contribution in [3.05, 3.63) is 28.2 Å². The first-order chi connectivity index (χ1) is 11.3. The van der Waals surface area contributed by atoms with E-state index in [2.05, 4.69) is 22.9 Å². The highest BCUT2D eigenvalue weighted by molar-refractivity contribution is 9.10.